The third-order valence-electron chi connectivity index (χ3n) is 5.86. The molecule has 1 aliphatic rings. The number of carbonyl (C=O) groups is 1. The zero-order valence-electron chi connectivity index (χ0n) is 18.4. The van der Waals surface area contributed by atoms with E-state index in [1.165, 1.54) is 12.4 Å². The molecule has 0 atom stereocenters. The number of pyridine rings is 2. The molecule has 11 nitrogen and oxygen atoms in total. The lowest BCUT2D eigenvalue weighted by Crippen LogP contribution is -2.36. The molecule has 4 heterocycles. The summed E-state index contributed by atoms with van der Waals surface area (Å²) in [6, 6.07) is 7.44. The molecule has 3 aromatic heterocycles. The molecule has 0 radical (unpaired) electrons. The van der Waals surface area contributed by atoms with E-state index in [0.717, 1.165) is 28.7 Å². The summed E-state index contributed by atoms with van der Waals surface area (Å²) in [4.78, 5) is 34.5. The number of fused-ring (bicyclic) bond motifs is 2. The second kappa shape index (κ2) is 9.93. The third kappa shape index (κ3) is 4.39. The van der Waals surface area contributed by atoms with E-state index in [4.69, 9.17) is 7.25 Å². The second-order valence-electron chi connectivity index (χ2n) is 7.76. The minimum atomic E-state index is -0.399. The quantitative estimate of drug-likeness (QED) is 0.149. The third-order valence-corrected chi connectivity index (χ3v) is 6.84. The van der Waals surface area contributed by atoms with Gasteiger partial charge in [-0.1, -0.05) is 6.07 Å². The number of nitrogens with zero attached hydrogens (tertiary/aromatic N) is 5. The van der Waals surface area contributed by atoms with Gasteiger partial charge < -0.3 is 15.0 Å². The molecular formula is C22H19IN6O5S. The van der Waals surface area contributed by atoms with Crippen LogP contribution in [0.5, 0.6) is 0 Å². The van der Waals surface area contributed by atoms with Crippen molar-refractivity contribution in [2.24, 2.45) is 0 Å². The van der Waals surface area contributed by atoms with Gasteiger partial charge in [-0.3, -0.25) is 18.9 Å². The summed E-state index contributed by atoms with van der Waals surface area (Å²) in [6.45, 7) is 2.09. The van der Waals surface area contributed by atoms with Crippen molar-refractivity contribution in [1.29, 1.82) is 0 Å². The van der Waals surface area contributed by atoms with Gasteiger partial charge in [0.15, 0.2) is 5.65 Å². The minimum absolute atomic E-state index is 0.0450. The first-order chi connectivity index (χ1) is 17.0. The van der Waals surface area contributed by atoms with Gasteiger partial charge in [0.05, 0.1) is 29.2 Å². The van der Waals surface area contributed by atoms with Gasteiger partial charge in [-0.25, -0.2) is 12.5 Å². The van der Waals surface area contributed by atoms with Crippen molar-refractivity contribution in [1.82, 2.24) is 19.3 Å². The van der Waals surface area contributed by atoms with E-state index in [9.17, 15) is 14.9 Å². The molecule has 4 aromatic rings. The Kier molecular flexibility index (Phi) is 6.73. The van der Waals surface area contributed by atoms with Gasteiger partial charge in [0.25, 0.3) is 5.91 Å². The van der Waals surface area contributed by atoms with Crippen LogP contribution in [0.2, 0.25) is 0 Å². The van der Waals surface area contributed by atoms with Crippen LogP contribution in [0.15, 0.2) is 42.9 Å². The molecule has 1 saturated heterocycles. The molecule has 0 bridgehead atoms. The number of nitro groups is 1. The Morgan fingerprint density at radius 3 is 2.74 bits per heavy atom. The summed E-state index contributed by atoms with van der Waals surface area (Å²) >= 11 is 2.88. The Labute approximate surface area is 218 Å². The van der Waals surface area contributed by atoms with Crippen LogP contribution in [0, 0.1) is 10.1 Å². The van der Waals surface area contributed by atoms with Crippen LogP contribution in [0.1, 0.15) is 10.4 Å². The average molecular weight is 606 g/mol. The highest BCUT2D eigenvalue weighted by atomic mass is 127. The SMILES string of the molecule is CNC(=O)c1cnc2c(c1)c(-c1ccc3ncc([N+](=O)[O-])c(N4CCOCC4)c3c1)cn2SOI. The number of aromatic nitrogens is 3. The number of anilines is 1. The predicted octanol–water partition coefficient (Wildman–Crippen LogP) is 4.13. The fraction of sp³-hybridized carbons (Fsp3) is 0.227. The number of halogens is 1. The summed E-state index contributed by atoms with van der Waals surface area (Å²) in [5.41, 5.74) is 3.80. The molecule has 1 amide bonds. The maximum absolute atomic E-state index is 12.3. The second-order valence-corrected chi connectivity index (χ2v) is 9.51. The zero-order valence-corrected chi connectivity index (χ0v) is 21.4. The number of hydrogen-bond donors (Lipinski definition) is 1. The van der Waals surface area contributed by atoms with Gasteiger partial charge in [0.2, 0.25) is 0 Å². The van der Waals surface area contributed by atoms with Crippen LogP contribution in [-0.2, 0) is 7.25 Å². The van der Waals surface area contributed by atoms with Crippen LogP contribution in [0.3, 0.4) is 0 Å². The predicted molar refractivity (Wildman–Crippen MR) is 142 cm³/mol. The highest BCUT2D eigenvalue weighted by molar-refractivity contribution is 14.1. The Morgan fingerprint density at radius 1 is 1.23 bits per heavy atom. The summed E-state index contributed by atoms with van der Waals surface area (Å²) in [5.74, 6) is -0.246. The number of benzene rings is 1. The molecule has 1 aliphatic heterocycles. The van der Waals surface area contributed by atoms with E-state index < -0.39 is 4.92 Å². The summed E-state index contributed by atoms with van der Waals surface area (Å²) < 4.78 is 12.4. The smallest absolute Gasteiger partial charge is 0.311 e. The van der Waals surface area contributed by atoms with Crippen molar-refractivity contribution in [3.05, 3.63) is 58.5 Å². The monoisotopic (exact) mass is 606 g/mol. The maximum atomic E-state index is 12.3. The number of rotatable bonds is 6. The molecule has 1 N–H and O–H groups in total. The first-order valence-electron chi connectivity index (χ1n) is 10.6. The number of nitrogens with one attached hydrogen (secondary N) is 1. The van der Waals surface area contributed by atoms with E-state index in [-0.39, 0.29) is 11.6 Å². The summed E-state index contributed by atoms with van der Waals surface area (Å²) in [5, 5.41) is 15.9. The first-order valence-corrected chi connectivity index (χ1v) is 12.2. The summed E-state index contributed by atoms with van der Waals surface area (Å²) in [7, 11) is 1.56. The molecular weight excluding hydrogens is 587 g/mol. The number of hydrogen-bond acceptors (Lipinski definition) is 9. The molecule has 13 heteroatoms. The highest BCUT2D eigenvalue weighted by Gasteiger charge is 2.26. The summed E-state index contributed by atoms with van der Waals surface area (Å²) in [6.07, 6.45) is 4.70. The molecule has 0 unspecified atom stereocenters. The molecule has 0 saturated carbocycles. The van der Waals surface area contributed by atoms with Crippen molar-refractivity contribution in [2.75, 3.05) is 38.3 Å². The average Bonchev–Trinajstić information content (AvgIpc) is 3.25. The topological polar surface area (TPSA) is 125 Å². The fourth-order valence-corrected chi connectivity index (χ4v) is 5.20. The minimum Gasteiger partial charge on any atom is -0.378 e. The van der Waals surface area contributed by atoms with Crippen molar-refractivity contribution in [3.8, 4) is 11.1 Å². The largest absolute Gasteiger partial charge is 0.378 e. The number of carbonyl (C=O) groups excluding carboxylic acids is 1. The van der Waals surface area contributed by atoms with Gasteiger partial charge >= 0.3 is 5.69 Å². The van der Waals surface area contributed by atoms with E-state index in [1.807, 2.05) is 29.3 Å². The van der Waals surface area contributed by atoms with Gasteiger partial charge in [0, 0.05) is 48.9 Å². The van der Waals surface area contributed by atoms with Gasteiger partial charge in [-0.15, -0.1) is 0 Å². The first kappa shape index (κ1) is 23.7. The van der Waals surface area contributed by atoms with Crippen LogP contribution < -0.4 is 10.2 Å². The fourth-order valence-electron chi connectivity index (χ4n) is 4.25. The Morgan fingerprint density at radius 2 is 2.03 bits per heavy atom. The van der Waals surface area contributed by atoms with Crippen LogP contribution in [0.4, 0.5) is 11.4 Å². The lowest BCUT2D eigenvalue weighted by molar-refractivity contribution is -0.384. The van der Waals surface area contributed by atoms with E-state index in [0.29, 0.717) is 54.1 Å². The number of amides is 1. The van der Waals surface area contributed by atoms with Crippen molar-refractivity contribution in [3.63, 3.8) is 0 Å². The van der Waals surface area contributed by atoms with E-state index in [2.05, 4.69) is 15.3 Å². The van der Waals surface area contributed by atoms with E-state index >= 15 is 0 Å². The Bertz CT molecular complexity index is 1460. The molecule has 5 rings (SSSR count). The van der Waals surface area contributed by atoms with Crippen molar-refractivity contribution in [2.45, 2.75) is 0 Å². The Hall–Kier alpha value is -3.01. The lowest BCUT2D eigenvalue weighted by atomic mass is 10.0. The molecule has 1 fully saturated rings. The van der Waals surface area contributed by atoms with Crippen molar-refractivity contribution < 1.29 is 17.0 Å². The standard InChI is InChI=1S/C22H19IN6O5S/c1-24-22(30)14-9-15-17(12-28(35-34-23)21(15)26-10-14)13-2-3-18-16(8-13)20(19(11-25-18)29(31)32)27-4-6-33-7-5-27/h2-3,8-12H,4-7H2,1H3,(H,24,30). The van der Waals surface area contributed by atoms with Gasteiger partial charge in [-0.2, -0.15) is 0 Å². The molecule has 0 aliphatic carbocycles. The molecule has 0 spiro atoms. The van der Waals surface area contributed by atoms with Crippen LogP contribution >= 0.6 is 35.2 Å². The molecule has 180 valence electrons. The van der Waals surface area contributed by atoms with Crippen LogP contribution in [0.25, 0.3) is 33.1 Å². The molecule has 35 heavy (non-hydrogen) atoms. The number of morpholine rings is 1. The Balaban J connectivity index is 1.74. The van der Waals surface area contributed by atoms with Gasteiger partial charge in [-0.05, 0) is 23.8 Å². The van der Waals surface area contributed by atoms with Crippen molar-refractivity contribution >= 4 is 74.5 Å². The van der Waals surface area contributed by atoms with Crippen LogP contribution in [-0.4, -0.2) is 58.1 Å². The van der Waals surface area contributed by atoms with Gasteiger partial charge in [0.1, 0.15) is 47.1 Å². The molecule has 1 aromatic carbocycles. The number of ether oxygens (including phenoxy) is 1. The van der Waals surface area contributed by atoms with E-state index in [1.54, 1.807) is 40.1 Å². The normalized spacial score (nSPS) is 13.9. The maximum Gasteiger partial charge on any atom is 0.311 e. The highest BCUT2D eigenvalue weighted by Crippen LogP contribution is 2.39. The lowest BCUT2D eigenvalue weighted by Gasteiger charge is -2.29. The zero-order chi connectivity index (χ0) is 24.5.